The number of fused-ring (bicyclic) bond motifs is 12. The predicted octanol–water partition coefficient (Wildman–Crippen LogP) is 15.2. The van der Waals surface area contributed by atoms with E-state index in [1.54, 1.807) is 0 Å². The average molecular weight is 805 g/mol. The van der Waals surface area contributed by atoms with Crippen LogP contribution in [0.5, 0.6) is 11.5 Å². The molecular weight excluding hydrogens is 769 g/mol. The van der Waals surface area contributed by atoms with Crippen LogP contribution in [0.1, 0.15) is 22.3 Å². The quantitative estimate of drug-likeness (QED) is 0.174. The minimum atomic E-state index is -0.516. The molecular formula is C59H36N2O2. The molecule has 0 saturated carbocycles. The zero-order valence-electron chi connectivity index (χ0n) is 34.0. The van der Waals surface area contributed by atoms with E-state index >= 15 is 0 Å². The summed E-state index contributed by atoms with van der Waals surface area (Å²) >= 11 is 0. The fourth-order valence-electron chi connectivity index (χ4n) is 10.2. The number of hydrogen-bond donors (Lipinski definition) is 0. The van der Waals surface area contributed by atoms with E-state index in [0.29, 0.717) is 5.82 Å². The molecule has 9 aromatic carbocycles. The van der Waals surface area contributed by atoms with E-state index in [4.69, 9.17) is 19.1 Å². The van der Waals surface area contributed by atoms with Crippen molar-refractivity contribution < 1.29 is 9.15 Å². The van der Waals surface area contributed by atoms with Gasteiger partial charge in [0.25, 0.3) is 0 Å². The molecule has 0 unspecified atom stereocenters. The zero-order chi connectivity index (χ0) is 41.5. The Morgan fingerprint density at radius 2 is 0.857 bits per heavy atom. The Hall–Kier alpha value is -8.34. The summed E-state index contributed by atoms with van der Waals surface area (Å²) in [4.78, 5) is 10.3. The molecule has 0 amide bonds. The number of ether oxygens (including phenoxy) is 1. The molecule has 4 heteroatoms. The summed E-state index contributed by atoms with van der Waals surface area (Å²) in [6.07, 6.45) is 0. The summed E-state index contributed by atoms with van der Waals surface area (Å²) < 4.78 is 13.3. The van der Waals surface area contributed by atoms with Gasteiger partial charge in [-0.25, -0.2) is 9.97 Å². The van der Waals surface area contributed by atoms with Crippen molar-refractivity contribution in [3.8, 4) is 78.8 Å². The third kappa shape index (κ3) is 5.35. The number of benzene rings is 9. The molecule has 11 aromatic rings. The van der Waals surface area contributed by atoms with Gasteiger partial charge in [-0.3, -0.25) is 0 Å². The van der Waals surface area contributed by atoms with Crippen molar-refractivity contribution in [3.63, 3.8) is 0 Å². The summed E-state index contributed by atoms with van der Waals surface area (Å²) in [6.45, 7) is 0. The standard InChI is InChI=1S/C59H36N2O2/c1-2-14-41(15-3-1)58-60-52(39-32-28-37(29-33-39)42-19-12-21-47-46-18-6-10-26-54(46)62-56(42)47)36-53(61-58)40-34-30-38(31-35-40)43-20-13-25-51-57(43)63-55-27-11-9-24-50(55)59(51)48-22-7-4-16-44(48)45-17-5-8-23-49(45)59/h1-36H. The van der Waals surface area contributed by atoms with Gasteiger partial charge in [0.1, 0.15) is 22.7 Å². The van der Waals surface area contributed by atoms with Gasteiger partial charge in [0, 0.05) is 49.7 Å². The first-order chi connectivity index (χ1) is 31.2. The van der Waals surface area contributed by atoms with E-state index in [9.17, 15) is 0 Å². The monoisotopic (exact) mass is 804 g/mol. The molecule has 0 saturated heterocycles. The Labute approximate surface area is 364 Å². The summed E-state index contributed by atoms with van der Waals surface area (Å²) in [7, 11) is 0. The van der Waals surface area contributed by atoms with Gasteiger partial charge in [0.15, 0.2) is 5.82 Å². The Morgan fingerprint density at radius 3 is 1.57 bits per heavy atom. The highest BCUT2D eigenvalue weighted by atomic mass is 16.5. The Morgan fingerprint density at radius 1 is 0.349 bits per heavy atom. The third-order valence-corrected chi connectivity index (χ3v) is 13.0. The molecule has 294 valence electrons. The number of hydrogen-bond acceptors (Lipinski definition) is 4. The largest absolute Gasteiger partial charge is 0.456 e. The van der Waals surface area contributed by atoms with Crippen LogP contribution < -0.4 is 4.74 Å². The van der Waals surface area contributed by atoms with Gasteiger partial charge < -0.3 is 9.15 Å². The summed E-state index contributed by atoms with van der Waals surface area (Å²) in [5.41, 5.74) is 17.6. The van der Waals surface area contributed by atoms with Crippen molar-refractivity contribution in [1.82, 2.24) is 9.97 Å². The number of aromatic nitrogens is 2. The van der Waals surface area contributed by atoms with Crippen molar-refractivity contribution in [1.29, 1.82) is 0 Å². The molecule has 63 heavy (non-hydrogen) atoms. The smallest absolute Gasteiger partial charge is 0.160 e. The molecule has 13 rings (SSSR count). The van der Waals surface area contributed by atoms with E-state index < -0.39 is 5.41 Å². The molecule has 1 aliphatic heterocycles. The van der Waals surface area contributed by atoms with Crippen molar-refractivity contribution in [3.05, 3.63) is 241 Å². The molecule has 3 heterocycles. The van der Waals surface area contributed by atoms with Gasteiger partial charge in [-0.1, -0.05) is 200 Å². The maximum atomic E-state index is 6.97. The predicted molar refractivity (Wildman–Crippen MR) is 254 cm³/mol. The number of furan rings is 1. The summed E-state index contributed by atoms with van der Waals surface area (Å²) in [5, 5.41) is 2.24. The van der Waals surface area contributed by atoms with Gasteiger partial charge >= 0.3 is 0 Å². The third-order valence-electron chi connectivity index (χ3n) is 13.0. The van der Waals surface area contributed by atoms with Crippen LogP contribution in [0.3, 0.4) is 0 Å². The van der Waals surface area contributed by atoms with Gasteiger partial charge in [-0.15, -0.1) is 0 Å². The van der Waals surface area contributed by atoms with E-state index in [0.717, 1.165) is 94.9 Å². The molecule has 2 aliphatic rings. The SMILES string of the molecule is c1ccc(-c2nc(-c3ccc(-c4cccc5c4Oc4ccccc4C54c5ccccc5-c5ccccc54)cc3)cc(-c3ccc(-c4cccc5c4oc4ccccc45)cc3)n2)cc1. The van der Waals surface area contributed by atoms with E-state index in [-0.39, 0.29) is 0 Å². The molecule has 1 spiro atoms. The van der Waals surface area contributed by atoms with Gasteiger partial charge in [-0.05, 0) is 51.6 Å². The van der Waals surface area contributed by atoms with Crippen LogP contribution in [-0.4, -0.2) is 9.97 Å². The van der Waals surface area contributed by atoms with Gasteiger partial charge in [0.2, 0.25) is 0 Å². The van der Waals surface area contributed by atoms with Gasteiger partial charge in [0.05, 0.1) is 16.8 Å². The molecule has 0 fully saturated rings. The Balaban J connectivity index is 0.903. The van der Waals surface area contributed by atoms with Crippen molar-refractivity contribution in [2.24, 2.45) is 0 Å². The minimum absolute atomic E-state index is 0.516. The highest BCUT2D eigenvalue weighted by molar-refractivity contribution is 6.09. The minimum Gasteiger partial charge on any atom is -0.456 e. The molecule has 0 N–H and O–H groups in total. The maximum Gasteiger partial charge on any atom is 0.160 e. The number of rotatable bonds is 5. The van der Waals surface area contributed by atoms with Crippen molar-refractivity contribution in [2.75, 3.05) is 0 Å². The second kappa shape index (κ2) is 13.8. The second-order valence-corrected chi connectivity index (χ2v) is 16.4. The van der Waals surface area contributed by atoms with Crippen LogP contribution in [0.4, 0.5) is 0 Å². The lowest BCUT2D eigenvalue weighted by molar-refractivity contribution is 0.438. The van der Waals surface area contributed by atoms with E-state index in [2.05, 4.69) is 188 Å². The lowest BCUT2D eigenvalue weighted by Crippen LogP contribution is -2.32. The van der Waals surface area contributed by atoms with Gasteiger partial charge in [-0.2, -0.15) is 0 Å². The Kier molecular flexibility index (Phi) is 7.79. The number of nitrogens with zero attached hydrogens (tertiary/aromatic N) is 2. The van der Waals surface area contributed by atoms with Crippen LogP contribution in [0.2, 0.25) is 0 Å². The van der Waals surface area contributed by atoms with Crippen molar-refractivity contribution in [2.45, 2.75) is 5.41 Å². The highest BCUT2D eigenvalue weighted by Gasteiger charge is 2.51. The fourth-order valence-corrected chi connectivity index (χ4v) is 10.2. The molecule has 2 aromatic heterocycles. The van der Waals surface area contributed by atoms with Crippen LogP contribution in [0, 0.1) is 0 Å². The first-order valence-corrected chi connectivity index (χ1v) is 21.4. The van der Waals surface area contributed by atoms with Crippen LogP contribution in [0.25, 0.3) is 89.2 Å². The van der Waals surface area contributed by atoms with E-state index in [1.807, 2.05) is 30.3 Å². The Bertz CT molecular complexity index is 3540. The number of para-hydroxylation sites is 4. The fraction of sp³-hybridized carbons (Fsp3) is 0.0169. The lowest BCUT2D eigenvalue weighted by Gasteiger charge is -2.40. The highest BCUT2D eigenvalue weighted by Crippen LogP contribution is 2.63. The van der Waals surface area contributed by atoms with Crippen LogP contribution in [-0.2, 0) is 5.41 Å². The zero-order valence-corrected chi connectivity index (χ0v) is 34.0. The first-order valence-electron chi connectivity index (χ1n) is 21.4. The van der Waals surface area contributed by atoms with Crippen LogP contribution >= 0.6 is 0 Å². The molecule has 0 radical (unpaired) electrons. The second-order valence-electron chi connectivity index (χ2n) is 16.4. The lowest BCUT2D eigenvalue weighted by atomic mass is 9.65. The first kappa shape index (κ1) is 35.4. The molecule has 0 bridgehead atoms. The normalized spacial score (nSPS) is 13.0. The molecule has 1 aliphatic carbocycles. The molecule has 0 atom stereocenters. The van der Waals surface area contributed by atoms with E-state index in [1.165, 1.54) is 22.3 Å². The topological polar surface area (TPSA) is 48.2 Å². The summed E-state index contributed by atoms with van der Waals surface area (Å²) in [6, 6.07) is 77.0. The molecule has 4 nitrogen and oxygen atoms in total. The average Bonchev–Trinajstić information content (AvgIpc) is 3.88. The van der Waals surface area contributed by atoms with Crippen LogP contribution in [0.15, 0.2) is 223 Å². The maximum absolute atomic E-state index is 6.97. The van der Waals surface area contributed by atoms with Crippen molar-refractivity contribution >= 4 is 21.9 Å². The summed E-state index contributed by atoms with van der Waals surface area (Å²) in [5.74, 6) is 2.43.